The number of methoxy groups -OCH3 is 1. The molecule has 1 heterocycles. The SMILES string of the molecule is COC(=O)N(C(=O)c1ccc(Cl)c(Cl)c1)c1ccc(OCc2nc3ccccc3s2)cc1C. The molecular weight excluding hydrogens is 483 g/mol. The molecule has 0 aliphatic carbocycles. The molecule has 0 saturated carbocycles. The number of nitrogens with zero attached hydrogens (tertiary/aromatic N) is 2. The van der Waals surface area contributed by atoms with Crippen LogP contribution in [0.25, 0.3) is 10.2 Å². The van der Waals surface area contributed by atoms with Crippen molar-refractivity contribution in [3.05, 3.63) is 86.8 Å². The van der Waals surface area contributed by atoms with E-state index in [4.69, 9.17) is 32.7 Å². The van der Waals surface area contributed by atoms with Gasteiger partial charge in [0.25, 0.3) is 5.91 Å². The Kier molecular flexibility index (Phi) is 6.83. The minimum atomic E-state index is -0.822. The average Bonchev–Trinajstić information content (AvgIpc) is 3.23. The number of ether oxygens (including phenoxy) is 2. The van der Waals surface area contributed by atoms with E-state index in [1.807, 2.05) is 24.3 Å². The van der Waals surface area contributed by atoms with E-state index in [-0.39, 0.29) is 10.6 Å². The summed E-state index contributed by atoms with van der Waals surface area (Å²) < 4.78 is 11.8. The Morgan fingerprint density at radius 2 is 1.82 bits per heavy atom. The molecule has 168 valence electrons. The van der Waals surface area contributed by atoms with Crippen molar-refractivity contribution in [2.24, 2.45) is 0 Å². The van der Waals surface area contributed by atoms with Crippen molar-refractivity contribution in [3.63, 3.8) is 0 Å². The molecule has 0 aliphatic rings. The summed E-state index contributed by atoms with van der Waals surface area (Å²) in [7, 11) is 1.21. The predicted octanol–water partition coefficient (Wildman–Crippen LogP) is 6.90. The molecule has 0 unspecified atom stereocenters. The highest BCUT2D eigenvalue weighted by molar-refractivity contribution is 7.18. The molecule has 33 heavy (non-hydrogen) atoms. The number of carbonyl (C=O) groups is 2. The van der Waals surface area contributed by atoms with Crippen molar-refractivity contribution < 1.29 is 19.1 Å². The summed E-state index contributed by atoms with van der Waals surface area (Å²) in [5, 5.41) is 1.37. The van der Waals surface area contributed by atoms with Gasteiger partial charge in [-0.3, -0.25) is 4.79 Å². The number of para-hydroxylation sites is 1. The molecule has 0 radical (unpaired) electrons. The van der Waals surface area contributed by atoms with Crippen molar-refractivity contribution in [1.29, 1.82) is 0 Å². The van der Waals surface area contributed by atoms with Crippen LogP contribution >= 0.6 is 34.5 Å². The van der Waals surface area contributed by atoms with E-state index in [1.54, 1.807) is 36.5 Å². The average molecular weight is 501 g/mol. The largest absolute Gasteiger partial charge is 0.486 e. The van der Waals surface area contributed by atoms with Gasteiger partial charge in [0.2, 0.25) is 0 Å². The monoisotopic (exact) mass is 500 g/mol. The molecule has 4 aromatic rings. The number of imide groups is 1. The maximum absolute atomic E-state index is 13.1. The standard InChI is InChI=1S/C24H18Cl2N2O4S/c1-14-11-16(32-13-22-27-19-5-3-4-6-21(19)33-22)8-10-20(14)28(24(30)31-2)23(29)15-7-9-17(25)18(26)12-15/h3-12H,13H2,1-2H3. The maximum Gasteiger partial charge on any atom is 0.421 e. The van der Waals surface area contributed by atoms with E-state index in [2.05, 4.69) is 4.98 Å². The van der Waals surface area contributed by atoms with Gasteiger partial charge in [0.15, 0.2) is 0 Å². The fourth-order valence-corrected chi connectivity index (χ4v) is 4.41. The lowest BCUT2D eigenvalue weighted by Crippen LogP contribution is -2.37. The fraction of sp³-hybridized carbons (Fsp3) is 0.125. The summed E-state index contributed by atoms with van der Waals surface area (Å²) >= 11 is 13.6. The summed E-state index contributed by atoms with van der Waals surface area (Å²) in [6.07, 6.45) is -0.822. The zero-order chi connectivity index (χ0) is 23.5. The molecule has 0 fully saturated rings. The Morgan fingerprint density at radius 3 is 2.52 bits per heavy atom. The second-order valence-corrected chi connectivity index (χ2v) is 8.98. The lowest BCUT2D eigenvalue weighted by atomic mass is 10.1. The van der Waals surface area contributed by atoms with Gasteiger partial charge in [-0.15, -0.1) is 11.3 Å². The van der Waals surface area contributed by atoms with Crippen LogP contribution in [0.15, 0.2) is 60.7 Å². The first kappa shape index (κ1) is 23.0. The zero-order valence-corrected chi connectivity index (χ0v) is 20.0. The van der Waals surface area contributed by atoms with Gasteiger partial charge in [-0.2, -0.15) is 0 Å². The van der Waals surface area contributed by atoms with Crippen LogP contribution in [0.1, 0.15) is 20.9 Å². The lowest BCUT2D eigenvalue weighted by molar-refractivity contribution is 0.0975. The van der Waals surface area contributed by atoms with Gasteiger partial charge in [-0.05, 0) is 61.0 Å². The van der Waals surface area contributed by atoms with E-state index < -0.39 is 12.0 Å². The van der Waals surface area contributed by atoms with Gasteiger partial charge in [0, 0.05) is 5.56 Å². The molecule has 3 aromatic carbocycles. The summed E-state index contributed by atoms with van der Waals surface area (Å²) in [5.74, 6) is -0.00558. The van der Waals surface area contributed by atoms with E-state index in [1.165, 1.54) is 25.3 Å². The number of thiazole rings is 1. The Balaban J connectivity index is 1.57. The van der Waals surface area contributed by atoms with Crippen molar-refractivity contribution in [1.82, 2.24) is 4.98 Å². The smallest absolute Gasteiger partial charge is 0.421 e. The number of aryl methyl sites for hydroxylation is 1. The normalized spacial score (nSPS) is 10.8. The highest BCUT2D eigenvalue weighted by Gasteiger charge is 2.27. The molecule has 1 aromatic heterocycles. The van der Waals surface area contributed by atoms with Crippen LogP contribution in [0.2, 0.25) is 10.0 Å². The third kappa shape index (κ3) is 4.95. The molecule has 0 atom stereocenters. The van der Waals surface area contributed by atoms with Gasteiger partial charge in [0.05, 0.1) is 33.1 Å². The van der Waals surface area contributed by atoms with E-state index in [0.29, 0.717) is 28.6 Å². The van der Waals surface area contributed by atoms with Crippen LogP contribution in [0.3, 0.4) is 0 Å². The molecule has 4 rings (SSSR count). The molecule has 0 aliphatic heterocycles. The van der Waals surface area contributed by atoms with Crippen LogP contribution in [0.5, 0.6) is 5.75 Å². The highest BCUT2D eigenvalue weighted by atomic mass is 35.5. The lowest BCUT2D eigenvalue weighted by Gasteiger charge is -2.22. The molecule has 0 bridgehead atoms. The fourth-order valence-electron chi connectivity index (χ4n) is 3.24. The molecule has 0 spiro atoms. The number of carbonyl (C=O) groups excluding carboxylic acids is 2. The minimum absolute atomic E-state index is 0.199. The highest BCUT2D eigenvalue weighted by Crippen LogP contribution is 2.30. The summed E-state index contributed by atoms with van der Waals surface area (Å²) in [5.41, 5.74) is 2.15. The van der Waals surface area contributed by atoms with Crippen LogP contribution < -0.4 is 9.64 Å². The number of hydrogen-bond acceptors (Lipinski definition) is 6. The Morgan fingerprint density at radius 1 is 1.03 bits per heavy atom. The number of amides is 2. The molecule has 0 N–H and O–H groups in total. The van der Waals surface area contributed by atoms with Gasteiger partial charge >= 0.3 is 6.09 Å². The van der Waals surface area contributed by atoms with Gasteiger partial charge in [0.1, 0.15) is 17.4 Å². The number of halogens is 2. The first-order valence-electron chi connectivity index (χ1n) is 9.82. The van der Waals surface area contributed by atoms with Crippen molar-refractivity contribution in [2.45, 2.75) is 13.5 Å². The third-order valence-corrected chi connectivity index (χ3v) is 6.59. The van der Waals surface area contributed by atoms with Crippen LogP contribution in [0.4, 0.5) is 10.5 Å². The quantitative estimate of drug-likeness (QED) is 0.298. The molecule has 9 heteroatoms. The first-order chi connectivity index (χ1) is 15.9. The van der Waals surface area contributed by atoms with Gasteiger partial charge in [-0.25, -0.2) is 14.7 Å². The van der Waals surface area contributed by atoms with Crippen molar-refractivity contribution in [2.75, 3.05) is 12.0 Å². The van der Waals surface area contributed by atoms with Crippen molar-refractivity contribution >= 4 is 62.4 Å². The topological polar surface area (TPSA) is 68.7 Å². The van der Waals surface area contributed by atoms with E-state index in [0.717, 1.165) is 20.1 Å². The second-order valence-electron chi connectivity index (χ2n) is 7.05. The number of rotatable bonds is 5. The molecule has 0 saturated heterocycles. The van der Waals surface area contributed by atoms with Crippen molar-refractivity contribution in [3.8, 4) is 5.75 Å². The number of anilines is 1. The van der Waals surface area contributed by atoms with Crippen LogP contribution in [0, 0.1) is 6.92 Å². The van der Waals surface area contributed by atoms with E-state index in [9.17, 15) is 9.59 Å². The summed E-state index contributed by atoms with van der Waals surface area (Å²) in [4.78, 5) is 31.1. The molecular formula is C24H18Cl2N2O4S. The van der Waals surface area contributed by atoms with Crippen LogP contribution in [-0.2, 0) is 11.3 Å². The Hall–Kier alpha value is -3.13. The Labute approximate surface area is 204 Å². The number of benzene rings is 3. The predicted molar refractivity (Wildman–Crippen MR) is 131 cm³/mol. The van der Waals surface area contributed by atoms with Crippen LogP contribution in [-0.4, -0.2) is 24.1 Å². The Bertz CT molecular complexity index is 1320. The third-order valence-electron chi connectivity index (χ3n) is 4.84. The molecule has 6 nitrogen and oxygen atoms in total. The molecule has 2 amide bonds. The minimum Gasteiger partial charge on any atom is -0.486 e. The first-order valence-corrected chi connectivity index (χ1v) is 11.4. The number of aromatic nitrogens is 1. The number of hydrogen-bond donors (Lipinski definition) is 0. The van der Waals surface area contributed by atoms with Gasteiger partial charge in [-0.1, -0.05) is 35.3 Å². The summed E-state index contributed by atoms with van der Waals surface area (Å²) in [6, 6.07) is 17.4. The van der Waals surface area contributed by atoms with E-state index >= 15 is 0 Å². The number of fused-ring (bicyclic) bond motifs is 1. The maximum atomic E-state index is 13.1. The van der Waals surface area contributed by atoms with Gasteiger partial charge < -0.3 is 9.47 Å². The zero-order valence-electron chi connectivity index (χ0n) is 17.7. The second kappa shape index (κ2) is 9.79. The summed E-state index contributed by atoms with van der Waals surface area (Å²) in [6.45, 7) is 2.08.